The van der Waals surface area contributed by atoms with Gasteiger partial charge in [0.05, 0.1) is 6.54 Å². The normalized spacial score (nSPS) is 21.7. The van der Waals surface area contributed by atoms with Gasteiger partial charge in [0.15, 0.2) is 16.8 Å². The molecule has 0 amide bonds. The zero-order valence-electron chi connectivity index (χ0n) is 11.1. The molecule has 1 aliphatic heterocycles. The Kier molecular flexibility index (Phi) is 4.80. The molecule has 5 heteroatoms. The number of halogens is 2. The number of hydrogen-bond donors (Lipinski definition) is 1. The summed E-state index contributed by atoms with van der Waals surface area (Å²) in [5.74, 6) is -0.0234. The van der Waals surface area contributed by atoms with Gasteiger partial charge in [0.25, 0.3) is 0 Å². The van der Waals surface area contributed by atoms with E-state index >= 15 is 0 Å². The summed E-state index contributed by atoms with van der Waals surface area (Å²) in [6, 6.07) is 4.36. The highest BCUT2D eigenvalue weighted by Gasteiger charge is 2.19. The van der Waals surface area contributed by atoms with E-state index in [-0.39, 0.29) is 0 Å². The van der Waals surface area contributed by atoms with Crippen LogP contribution in [-0.4, -0.2) is 17.0 Å². The van der Waals surface area contributed by atoms with Crippen molar-refractivity contribution in [1.29, 1.82) is 0 Å². The molecule has 1 unspecified atom stereocenters. The Hall–Kier alpha value is -1.10. The van der Waals surface area contributed by atoms with E-state index in [1.807, 2.05) is 0 Å². The molecule has 1 aliphatic rings. The summed E-state index contributed by atoms with van der Waals surface area (Å²) in [7, 11) is 0. The van der Waals surface area contributed by atoms with Crippen LogP contribution in [0.1, 0.15) is 25.8 Å². The van der Waals surface area contributed by atoms with Gasteiger partial charge in [-0.25, -0.2) is 8.78 Å². The average Bonchev–Trinajstić information content (AvgIpc) is 2.40. The molecule has 2 rings (SSSR count). The summed E-state index contributed by atoms with van der Waals surface area (Å²) >= 11 is 1.68. The van der Waals surface area contributed by atoms with E-state index in [2.05, 4.69) is 24.2 Å². The van der Waals surface area contributed by atoms with E-state index in [1.165, 1.54) is 6.07 Å². The van der Waals surface area contributed by atoms with Crippen LogP contribution in [0.15, 0.2) is 23.2 Å². The Morgan fingerprint density at radius 1 is 1.37 bits per heavy atom. The molecule has 0 bridgehead atoms. The molecule has 0 radical (unpaired) electrons. The number of nitrogens with one attached hydrogen (secondary N) is 1. The van der Waals surface area contributed by atoms with Crippen LogP contribution in [-0.2, 0) is 6.54 Å². The maximum Gasteiger partial charge on any atom is 0.159 e. The van der Waals surface area contributed by atoms with Crippen molar-refractivity contribution in [3.63, 3.8) is 0 Å². The summed E-state index contributed by atoms with van der Waals surface area (Å²) < 4.78 is 25.9. The van der Waals surface area contributed by atoms with Crippen LogP contribution in [0.25, 0.3) is 0 Å². The van der Waals surface area contributed by atoms with Gasteiger partial charge < -0.3 is 5.32 Å². The van der Waals surface area contributed by atoms with Crippen molar-refractivity contribution in [1.82, 2.24) is 5.32 Å². The van der Waals surface area contributed by atoms with E-state index in [4.69, 9.17) is 0 Å². The molecule has 1 saturated heterocycles. The van der Waals surface area contributed by atoms with Gasteiger partial charge in [-0.1, -0.05) is 31.7 Å². The highest BCUT2D eigenvalue weighted by molar-refractivity contribution is 8.13. The van der Waals surface area contributed by atoms with Gasteiger partial charge >= 0.3 is 0 Å². The van der Waals surface area contributed by atoms with Crippen molar-refractivity contribution < 1.29 is 8.78 Å². The van der Waals surface area contributed by atoms with Gasteiger partial charge in [0, 0.05) is 11.8 Å². The van der Waals surface area contributed by atoms with Crippen molar-refractivity contribution in [2.75, 3.05) is 5.75 Å². The van der Waals surface area contributed by atoms with E-state index < -0.39 is 11.6 Å². The van der Waals surface area contributed by atoms with Gasteiger partial charge in [-0.2, -0.15) is 0 Å². The van der Waals surface area contributed by atoms with Crippen molar-refractivity contribution in [2.24, 2.45) is 10.9 Å². The van der Waals surface area contributed by atoms with Crippen LogP contribution in [0, 0.1) is 17.6 Å². The first-order chi connectivity index (χ1) is 9.06. The first-order valence-electron chi connectivity index (χ1n) is 6.44. The molecule has 1 N–H and O–H groups in total. The largest absolute Gasteiger partial charge is 0.362 e. The average molecular weight is 284 g/mol. The number of rotatable bonds is 3. The molecule has 1 heterocycles. The lowest BCUT2D eigenvalue weighted by molar-refractivity contribution is 0.442. The fourth-order valence-corrected chi connectivity index (χ4v) is 2.90. The Balaban J connectivity index is 1.99. The van der Waals surface area contributed by atoms with E-state index in [1.54, 1.807) is 17.8 Å². The van der Waals surface area contributed by atoms with Crippen molar-refractivity contribution >= 4 is 16.9 Å². The minimum Gasteiger partial charge on any atom is -0.362 e. The van der Waals surface area contributed by atoms with Crippen LogP contribution in [0.3, 0.4) is 0 Å². The molecule has 2 nitrogen and oxygen atoms in total. The second kappa shape index (κ2) is 6.37. The zero-order valence-corrected chi connectivity index (χ0v) is 11.9. The van der Waals surface area contributed by atoms with Crippen LogP contribution in [0.4, 0.5) is 8.78 Å². The lowest BCUT2D eigenvalue weighted by Crippen LogP contribution is -2.41. The molecular weight excluding hydrogens is 266 g/mol. The van der Waals surface area contributed by atoms with Gasteiger partial charge in [-0.3, -0.25) is 4.99 Å². The topological polar surface area (TPSA) is 24.4 Å². The summed E-state index contributed by atoms with van der Waals surface area (Å²) in [5.41, 5.74) is 0.681. The van der Waals surface area contributed by atoms with Gasteiger partial charge in [-0.05, 0) is 30.0 Å². The van der Waals surface area contributed by atoms with Gasteiger partial charge in [0.1, 0.15) is 0 Å². The quantitative estimate of drug-likeness (QED) is 0.917. The van der Waals surface area contributed by atoms with E-state index in [0.717, 1.165) is 23.4 Å². The number of benzene rings is 1. The van der Waals surface area contributed by atoms with E-state index in [0.29, 0.717) is 24.1 Å². The summed E-state index contributed by atoms with van der Waals surface area (Å²) in [5, 5.41) is 4.29. The summed E-state index contributed by atoms with van der Waals surface area (Å²) in [6.45, 7) is 4.73. The predicted octanol–water partition coefficient (Wildman–Crippen LogP) is 3.57. The molecule has 1 atom stereocenters. The van der Waals surface area contributed by atoms with Gasteiger partial charge in [0.2, 0.25) is 0 Å². The van der Waals surface area contributed by atoms with Crippen molar-refractivity contribution in [3.05, 3.63) is 35.4 Å². The Morgan fingerprint density at radius 2 is 2.16 bits per heavy atom. The molecule has 104 valence electrons. The van der Waals surface area contributed by atoms with Crippen molar-refractivity contribution in [3.8, 4) is 0 Å². The number of hydrogen-bond acceptors (Lipinski definition) is 2. The molecule has 1 aromatic carbocycles. The van der Waals surface area contributed by atoms with Crippen LogP contribution in [0.2, 0.25) is 0 Å². The van der Waals surface area contributed by atoms with E-state index in [9.17, 15) is 8.78 Å². The van der Waals surface area contributed by atoms with Crippen LogP contribution in [0.5, 0.6) is 0 Å². The Bertz CT molecular complexity index is 475. The van der Waals surface area contributed by atoms with Crippen LogP contribution < -0.4 is 5.32 Å². The number of nitrogens with zero attached hydrogens (tertiary/aromatic N) is 1. The number of thioether (sulfide) groups is 1. The molecule has 0 spiro atoms. The minimum atomic E-state index is -0.818. The number of amidine groups is 1. The second-order valence-corrected chi connectivity index (χ2v) is 6.09. The third-order valence-corrected chi connectivity index (χ3v) is 4.13. The lowest BCUT2D eigenvalue weighted by Gasteiger charge is -2.28. The molecule has 1 fully saturated rings. The van der Waals surface area contributed by atoms with Crippen LogP contribution >= 0.6 is 11.8 Å². The van der Waals surface area contributed by atoms with Crippen molar-refractivity contribution in [2.45, 2.75) is 32.9 Å². The molecule has 1 aromatic rings. The molecule has 19 heavy (non-hydrogen) atoms. The second-order valence-electron chi connectivity index (χ2n) is 5.00. The fraction of sp³-hybridized carbons (Fsp3) is 0.500. The summed E-state index contributed by atoms with van der Waals surface area (Å²) in [6.07, 6.45) is 1.13. The Labute approximate surface area is 116 Å². The third-order valence-electron chi connectivity index (χ3n) is 3.17. The maximum absolute atomic E-state index is 13.1. The monoisotopic (exact) mass is 284 g/mol. The standard InChI is InChI=1S/C14H18F2N2S/c1-9(2)13-5-6-19-14(18-13)17-8-10-3-4-11(15)12(16)7-10/h3-4,7,9,13H,5-6,8H2,1-2H3,(H,17,18). The smallest absolute Gasteiger partial charge is 0.159 e. The Morgan fingerprint density at radius 3 is 2.84 bits per heavy atom. The maximum atomic E-state index is 13.1. The highest BCUT2D eigenvalue weighted by atomic mass is 32.2. The summed E-state index contributed by atoms with van der Waals surface area (Å²) in [4.78, 5) is 4.44. The fourth-order valence-electron chi connectivity index (χ4n) is 1.95. The highest BCUT2D eigenvalue weighted by Crippen LogP contribution is 2.19. The first kappa shape index (κ1) is 14.3. The molecule has 0 aliphatic carbocycles. The SMILES string of the molecule is CC(C)C1CCSC(=NCc2ccc(F)c(F)c2)N1. The third kappa shape index (κ3) is 3.93. The lowest BCUT2D eigenvalue weighted by atomic mass is 10.0. The first-order valence-corrected chi connectivity index (χ1v) is 7.42. The molecular formula is C14H18F2N2S. The molecule has 0 saturated carbocycles. The number of aliphatic imine (C=N–C) groups is 1. The predicted molar refractivity (Wildman–Crippen MR) is 76.3 cm³/mol. The van der Waals surface area contributed by atoms with Gasteiger partial charge in [-0.15, -0.1) is 0 Å². The zero-order chi connectivity index (χ0) is 13.8. The minimum absolute atomic E-state index is 0.372. The molecule has 0 aromatic heterocycles.